The van der Waals surface area contributed by atoms with Gasteiger partial charge in [-0.3, -0.25) is 9.78 Å². The lowest BCUT2D eigenvalue weighted by Gasteiger charge is -2.18. The normalized spacial score (nSPS) is 28.7. The van der Waals surface area contributed by atoms with Gasteiger partial charge in [-0.25, -0.2) is 0 Å². The number of nitrogens with two attached hydrogens (primary N) is 1. The number of fused-ring (bicyclic) bond motifs is 1. The molecule has 1 aliphatic carbocycles. The highest BCUT2D eigenvalue weighted by atomic mass is 16.4. The highest BCUT2D eigenvalue weighted by Gasteiger charge is 2.43. The van der Waals surface area contributed by atoms with Crippen molar-refractivity contribution in [2.24, 2.45) is 22.7 Å². The molecule has 2 fully saturated rings. The Kier molecular flexibility index (Phi) is 3.50. The minimum atomic E-state index is -0.288. The summed E-state index contributed by atoms with van der Waals surface area (Å²) < 4.78 is 0. The standard InChI is InChI=1S/C14H18N4O3/c15-13(17-21)8-1-3-11(16-5-8)14(20)18-6-9-2-4-12(19)10(9)7-18/h1,3,5,9-10,12,19,21H,2,4,6-7H2,(H2,15,17). The van der Waals surface area contributed by atoms with E-state index in [1.54, 1.807) is 17.0 Å². The van der Waals surface area contributed by atoms with Crippen LogP contribution in [0.5, 0.6) is 0 Å². The molecular formula is C14H18N4O3. The molecule has 7 nitrogen and oxygen atoms in total. The van der Waals surface area contributed by atoms with Crippen LogP contribution in [0.3, 0.4) is 0 Å². The average Bonchev–Trinajstić information content (AvgIpc) is 3.08. The molecule has 1 amide bonds. The molecule has 0 spiro atoms. The van der Waals surface area contributed by atoms with Gasteiger partial charge in [0.05, 0.1) is 6.10 Å². The molecule has 0 bridgehead atoms. The van der Waals surface area contributed by atoms with Gasteiger partial charge in [-0.05, 0) is 30.9 Å². The summed E-state index contributed by atoms with van der Waals surface area (Å²) in [7, 11) is 0. The minimum absolute atomic E-state index is 0.0414. The summed E-state index contributed by atoms with van der Waals surface area (Å²) in [5, 5.41) is 21.4. The van der Waals surface area contributed by atoms with Gasteiger partial charge in [-0.2, -0.15) is 0 Å². The Hall–Kier alpha value is -2.15. The Balaban J connectivity index is 1.71. The molecule has 0 radical (unpaired) electrons. The van der Waals surface area contributed by atoms with Crippen molar-refractivity contribution in [3.8, 4) is 0 Å². The highest BCUT2D eigenvalue weighted by Crippen LogP contribution is 2.38. The van der Waals surface area contributed by atoms with Crippen LogP contribution in [0.15, 0.2) is 23.5 Å². The van der Waals surface area contributed by atoms with Crippen LogP contribution in [0, 0.1) is 11.8 Å². The number of carbonyl (C=O) groups is 1. The van der Waals surface area contributed by atoms with Crippen LogP contribution in [0.4, 0.5) is 0 Å². The van der Waals surface area contributed by atoms with E-state index in [1.807, 2.05) is 0 Å². The maximum absolute atomic E-state index is 12.4. The van der Waals surface area contributed by atoms with Crippen LogP contribution in [0.2, 0.25) is 0 Å². The van der Waals surface area contributed by atoms with Crippen LogP contribution in [-0.4, -0.2) is 51.1 Å². The average molecular weight is 290 g/mol. The number of amidine groups is 1. The molecule has 3 unspecified atom stereocenters. The van der Waals surface area contributed by atoms with Gasteiger partial charge in [-0.15, -0.1) is 0 Å². The fraction of sp³-hybridized carbons (Fsp3) is 0.500. The molecule has 2 aliphatic rings. The first-order chi connectivity index (χ1) is 10.1. The molecule has 1 aliphatic heterocycles. The molecule has 0 aromatic carbocycles. The predicted octanol–water partition coefficient (Wildman–Crippen LogP) is 0.0190. The van der Waals surface area contributed by atoms with Crippen LogP contribution >= 0.6 is 0 Å². The van der Waals surface area contributed by atoms with Crippen molar-refractivity contribution >= 4 is 11.7 Å². The monoisotopic (exact) mass is 290 g/mol. The van der Waals surface area contributed by atoms with E-state index in [2.05, 4.69) is 10.1 Å². The molecule has 21 heavy (non-hydrogen) atoms. The van der Waals surface area contributed by atoms with Crippen molar-refractivity contribution in [2.45, 2.75) is 18.9 Å². The third-order valence-electron chi connectivity index (χ3n) is 4.49. The number of pyridine rings is 1. The quantitative estimate of drug-likeness (QED) is 0.308. The highest BCUT2D eigenvalue weighted by molar-refractivity contribution is 5.98. The van der Waals surface area contributed by atoms with Gasteiger partial charge in [0.15, 0.2) is 5.84 Å². The van der Waals surface area contributed by atoms with Crippen molar-refractivity contribution in [1.29, 1.82) is 0 Å². The largest absolute Gasteiger partial charge is 0.409 e. The lowest BCUT2D eigenvalue weighted by atomic mass is 10.00. The molecule has 3 rings (SSSR count). The van der Waals surface area contributed by atoms with Crippen molar-refractivity contribution in [3.63, 3.8) is 0 Å². The first kappa shape index (κ1) is 13.8. The molecule has 1 aromatic rings. The van der Waals surface area contributed by atoms with E-state index < -0.39 is 0 Å². The zero-order valence-electron chi connectivity index (χ0n) is 11.5. The Morgan fingerprint density at radius 2 is 2.19 bits per heavy atom. The van der Waals surface area contributed by atoms with E-state index in [1.165, 1.54) is 6.20 Å². The summed E-state index contributed by atoms with van der Waals surface area (Å²) >= 11 is 0. The second-order valence-corrected chi connectivity index (χ2v) is 5.70. The molecule has 7 heteroatoms. The summed E-state index contributed by atoms with van der Waals surface area (Å²) in [5.74, 6) is 0.425. The first-order valence-electron chi connectivity index (χ1n) is 7.01. The van der Waals surface area contributed by atoms with Crippen molar-refractivity contribution < 1.29 is 15.1 Å². The Morgan fingerprint density at radius 3 is 2.81 bits per heavy atom. The number of likely N-dealkylation sites (tertiary alicyclic amines) is 1. The van der Waals surface area contributed by atoms with Crippen LogP contribution in [0.1, 0.15) is 28.9 Å². The van der Waals surface area contributed by atoms with Gasteiger partial charge >= 0.3 is 0 Å². The Bertz CT molecular complexity index is 572. The maximum Gasteiger partial charge on any atom is 0.272 e. The third kappa shape index (κ3) is 2.44. The number of aliphatic hydroxyl groups excluding tert-OH is 1. The van der Waals surface area contributed by atoms with Gasteiger partial charge in [0, 0.05) is 30.8 Å². The minimum Gasteiger partial charge on any atom is -0.409 e. The summed E-state index contributed by atoms with van der Waals surface area (Å²) in [6.45, 7) is 1.28. The molecule has 3 atom stereocenters. The third-order valence-corrected chi connectivity index (χ3v) is 4.49. The van der Waals surface area contributed by atoms with Crippen molar-refractivity contribution in [1.82, 2.24) is 9.88 Å². The summed E-state index contributed by atoms with van der Waals surface area (Å²) in [5.41, 5.74) is 6.25. The van der Waals surface area contributed by atoms with Gasteiger partial charge in [0.2, 0.25) is 0 Å². The smallest absolute Gasteiger partial charge is 0.272 e. The Labute approximate surface area is 122 Å². The Morgan fingerprint density at radius 1 is 1.38 bits per heavy atom. The molecule has 4 N–H and O–H groups in total. The lowest BCUT2D eigenvalue weighted by Crippen LogP contribution is -2.31. The number of nitrogens with zero attached hydrogens (tertiary/aromatic N) is 3. The van der Waals surface area contributed by atoms with Crippen LogP contribution in [0.25, 0.3) is 0 Å². The van der Waals surface area contributed by atoms with E-state index in [9.17, 15) is 9.90 Å². The predicted molar refractivity (Wildman–Crippen MR) is 74.9 cm³/mol. The topological polar surface area (TPSA) is 112 Å². The summed E-state index contributed by atoms with van der Waals surface area (Å²) in [6.07, 6.45) is 2.94. The van der Waals surface area contributed by atoms with Crippen LogP contribution in [-0.2, 0) is 0 Å². The van der Waals surface area contributed by atoms with Crippen molar-refractivity contribution in [3.05, 3.63) is 29.6 Å². The number of oxime groups is 1. The SMILES string of the molecule is N/C(=N/O)c1ccc(C(=O)N2CC3CCC(O)C3C2)nc1. The van der Waals surface area contributed by atoms with E-state index in [4.69, 9.17) is 10.9 Å². The zero-order chi connectivity index (χ0) is 15.0. The molecule has 2 heterocycles. The van der Waals surface area contributed by atoms with Gasteiger partial charge in [-0.1, -0.05) is 5.16 Å². The first-order valence-corrected chi connectivity index (χ1v) is 7.01. The van der Waals surface area contributed by atoms with Gasteiger partial charge < -0.3 is 20.9 Å². The maximum atomic E-state index is 12.4. The molecule has 112 valence electrons. The van der Waals surface area contributed by atoms with Crippen molar-refractivity contribution in [2.75, 3.05) is 13.1 Å². The molecule has 1 aromatic heterocycles. The number of carbonyl (C=O) groups excluding carboxylic acids is 1. The number of hydrogen-bond acceptors (Lipinski definition) is 5. The van der Waals surface area contributed by atoms with E-state index >= 15 is 0 Å². The van der Waals surface area contributed by atoms with E-state index in [0.717, 1.165) is 12.8 Å². The van der Waals surface area contributed by atoms with Gasteiger partial charge in [0.25, 0.3) is 5.91 Å². The summed E-state index contributed by atoms with van der Waals surface area (Å²) in [6, 6.07) is 3.17. The fourth-order valence-corrected chi connectivity index (χ4v) is 3.29. The van der Waals surface area contributed by atoms with E-state index in [-0.39, 0.29) is 23.8 Å². The number of amides is 1. The molecular weight excluding hydrogens is 272 g/mol. The zero-order valence-corrected chi connectivity index (χ0v) is 11.5. The number of rotatable bonds is 2. The number of hydrogen-bond donors (Lipinski definition) is 3. The summed E-state index contributed by atoms with van der Waals surface area (Å²) in [4.78, 5) is 18.2. The second kappa shape index (κ2) is 5.33. The molecule has 1 saturated carbocycles. The van der Waals surface area contributed by atoms with E-state index in [0.29, 0.717) is 30.3 Å². The van der Waals surface area contributed by atoms with Gasteiger partial charge in [0.1, 0.15) is 5.69 Å². The lowest BCUT2D eigenvalue weighted by molar-refractivity contribution is 0.0746. The second-order valence-electron chi connectivity index (χ2n) is 5.70. The number of aromatic nitrogens is 1. The fourth-order valence-electron chi connectivity index (χ4n) is 3.29. The number of aliphatic hydroxyl groups is 1. The van der Waals surface area contributed by atoms with Crippen LogP contribution < -0.4 is 5.73 Å². The molecule has 1 saturated heterocycles.